The predicted molar refractivity (Wildman–Crippen MR) is 81.8 cm³/mol. The minimum Gasteiger partial charge on any atom is -0.480 e. The third-order valence-corrected chi connectivity index (χ3v) is 3.48. The molecule has 8 nitrogen and oxygen atoms in total. The number of carbonyl (C=O) groups is 2. The van der Waals surface area contributed by atoms with E-state index in [2.05, 4.69) is 15.6 Å². The zero-order valence-electron chi connectivity index (χ0n) is 12.8. The van der Waals surface area contributed by atoms with Gasteiger partial charge in [0.1, 0.15) is 5.82 Å². The summed E-state index contributed by atoms with van der Waals surface area (Å²) in [6, 6.07) is 2.71. The molecular formula is C14H14ClFN4O4. The molecule has 1 aromatic heterocycles. The van der Waals surface area contributed by atoms with Gasteiger partial charge in [0, 0.05) is 7.11 Å². The Morgan fingerprint density at radius 1 is 1.50 bits per heavy atom. The average molecular weight is 357 g/mol. The average Bonchev–Trinajstić information content (AvgIpc) is 2.91. The van der Waals surface area contributed by atoms with Gasteiger partial charge in [-0.3, -0.25) is 4.79 Å². The standard InChI is InChI=1S/C14H14ClFN4O4/c1-7-12(13(21)17-11(6-24-2)14(22)23)18-19-20(7)8-3-4-10(16)9(15)5-8/h3-5,11H,6H2,1-2H3,(H,17,21)(H,22,23). The van der Waals surface area contributed by atoms with Crippen LogP contribution in [0, 0.1) is 12.7 Å². The molecule has 0 bridgehead atoms. The van der Waals surface area contributed by atoms with Crippen LogP contribution in [0.1, 0.15) is 16.2 Å². The number of hydrogen-bond donors (Lipinski definition) is 2. The number of methoxy groups -OCH3 is 1. The molecule has 0 radical (unpaired) electrons. The quantitative estimate of drug-likeness (QED) is 0.805. The highest BCUT2D eigenvalue weighted by atomic mass is 35.5. The number of ether oxygens (including phenoxy) is 1. The number of carboxylic acid groups (broad SMARTS) is 1. The van der Waals surface area contributed by atoms with Crippen molar-refractivity contribution < 1.29 is 23.8 Å². The van der Waals surface area contributed by atoms with E-state index in [4.69, 9.17) is 21.4 Å². The Morgan fingerprint density at radius 2 is 2.21 bits per heavy atom. The second-order valence-corrected chi connectivity index (χ2v) is 5.26. The van der Waals surface area contributed by atoms with E-state index in [9.17, 15) is 14.0 Å². The van der Waals surface area contributed by atoms with Crippen molar-refractivity contribution in [2.45, 2.75) is 13.0 Å². The van der Waals surface area contributed by atoms with Crippen LogP contribution in [-0.2, 0) is 9.53 Å². The molecule has 0 aliphatic heterocycles. The zero-order chi connectivity index (χ0) is 17.9. The molecule has 2 aromatic rings. The number of carbonyl (C=O) groups excluding carboxylic acids is 1. The van der Waals surface area contributed by atoms with Crippen LogP contribution in [0.15, 0.2) is 18.2 Å². The number of rotatable bonds is 6. The molecule has 0 fully saturated rings. The Balaban J connectivity index is 2.27. The largest absolute Gasteiger partial charge is 0.480 e. The molecule has 0 aliphatic rings. The summed E-state index contributed by atoms with van der Waals surface area (Å²) in [5.74, 6) is -2.53. The lowest BCUT2D eigenvalue weighted by molar-refractivity contribution is -0.140. The maximum Gasteiger partial charge on any atom is 0.328 e. The highest BCUT2D eigenvalue weighted by Crippen LogP contribution is 2.20. The molecule has 1 atom stereocenters. The lowest BCUT2D eigenvalue weighted by atomic mass is 10.2. The van der Waals surface area contributed by atoms with Crippen molar-refractivity contribution >= 4 is 23.5 Å². The van der Waals surface area contributed by atoms with Gasteiger partial charge in [0.25, 0.3) is 5.91 Å². The van der Waals surface area contributed by atoms with Gasteiger partial charge in [-0.1, -0.05) is 16.8 Å². The van der Waals surface area contributed by atoms with Crippen LogP contribution < -0.4 is 5.32 Å². The molecule has 24 heavy (non-hydrogen) atoms. The summed E-state index contributed by atoms with van der Waals surface area (Å²) >= 11 is 5.73. The van der Waals surface area contributed by atoms with Crippen molar-refractivity contribution in [2.75, 3.05) is 13.7 Å². The second kappa shape index (κ2) is 7.37. The third-order valence-electron chi connectivity index (χ3n) is 3.19. The molecule has 0 spiro atoms. The topological polar surface area (TPSA) is 106 Å². The van der Waals surface area contributed by atoms with Crippen molar-refractivity contribution in [3.63, 3.8) is 0 Å². The first-order valence-electron chi connectivity index (χ1n) is 6.75. The maximum absolute atomic E-state index is 13.2. The van der Waals surface area contributed by atoms with E-state index in [1.165, 1.54) is 23.9 Å². The lowest BCUT2D eigenvalue weighted by Gasteiger charge is -2.12. The smallest absolute Gasteiger partial charge is 0.328 e. The number of halogens is 2. The number of hydrogen-bond acceptors (Lipinski definition) is 5. The summed E-state index contributed by atoms with van der Waals surface area (Å²) in [6.45, 7) is 1.38. The van der Waals surface area contributed by atoms with Crippen molar-refractivity contribution in [3.05, 3.63) is 40.4 Å². The number of nitrogens with zero attached hydrogens (tertiary/aromatic N) is 3. The Kier molecular flexibility index (Phi) is 5.47. The summed E-state index contributed by atoms with van der Waals surface area (Å²) in [5, 5.41) is 18.8. The highest BCUT2D eigenvalue weighted by Gasteiger charge is 2.24. The fraction of sp³-hybridized carbons (Fsp3) is 0.286. The van der Waals surface area contributed by atoms with E-state index in [0.717, 1.165) is 6.07 Å². The molecule has 1 aromatic carbocycles. The van der Waals surface area contributed by atoms with E-state index in [1.807, 2.05) is 0 Å². The normalized spacial score (nSPS) is 12.0. The minimum atomic E-state index is -1.24. The first-order chi connectivity index (χ1) is 11.3. The van der Waals surface area contributed by atoms with E-state index >= 15 is 0 Å². The van der Waals surface area contributed by atoms with Crippen LogP contribution in [0.2, 0.25) is 5.02 Å². The lowest BCUT2D eigenvalue weighted by Crippen LogP contribution is -2.44. The Bertz CT molecular complexity index is 780. The van der Waals surface area contributed by atoms with Gasteiger partial charge in [-0.05, 0) is 25.1 Å². The molecule has 2 N–H and O–H groups in total. The summed E-state index contributed by atoms with van der Waals surface area (Å²) in [7, 11) is 1.32. The van der Waals surface area contributed by atoms with Crippen LogP contribution in [0.3, 0.4) is 0 Å². The molecule has 10 heteroatoms. The van der Waals surface area contributed by atoms with Crippen LogP contribution in [0.4, 0.5) is 4.39 Å². The number of benzene rings is 1. The number of amides is 1. The molecule has 0 saturated heterocycles. The zero-order valence-corrected chi connectivity index (χ0v) is 13.5. The van der Waals surface area contributed by atoms with Gasteiger partial charge in [-0.25, -0.2) is 13.9 Å². The monoisotopic (exact) mass is 356 g/mol. The number of carboxylic acids is 1. The minimum absolute atomic E-state index is 0.0576. The SMILES string of the molecule is COCC(NC(=O)c1nnn(-c2ccc(F)c(Cl)c2)c1C)C(=O)O. The molecule has 1 amide bonds. The van der Waals surface area contributed by atoms with E-state index in [1.54, 1.807) is 6.92 Å². The second-order valence-electron chi connectivity index (χ2n) is 4.85. The van der Waals surface area contributed by atoms with Gasteiger partial charge in [-0.15, -0.1) is 5.10 Å². The molecule has 2 rings (SSSR count). The Morgan fingerprint density at radius 3 is 2.79 bits per heavy atom. The maximum atomic E-state index is 13.2. The summed E-state index contributed by atoms with van der Waals surface area (Å²) in [4.78, 5) is 23.2. The first kappa shape index (κ1) is 17.8. The van der Waals surface area contributed by atoms with Gasteiger partial charge in [0.15, 0.2) is 11.7 Å². The molecular weight excluding hydrogens is 343 g/mol. The highest BCUT2D eigenvalue weighted by molar-refractivity contribution is 6.30. The number of aliphatic carboxylic acids is 1. The Labute approximate surface area is 141 Å². The summed E-state index contributed by atoms with van der Waals surface area (Å²) < 4.78 is 19.3. The van der Waals surface area contributed by atoms with E-state index in [-0.39, 0.29) is 17.3 Å². The van der Waals surface area contributed by atoms with Gasteiger partial charge in [0.05, 0.1) is 23.0 Å². The van der Waals surface area contributed by atoms with E-state index in [0.29, 0.717) is 11.4 Å². The van der Waals surface area contributed by atoms with Gasteiger partial charge in [0.2, 0.25) is 0 Å². The van der Waals surface area contributed by atoms with Gasteiger partial charge >= 0.3 is 5.97 Å². The summed E-state index contributed by atoms with van der Waals surface area (Å²) in [5.41, 5.74) is 0.701. The number of aromatic nitrogens is 3. The van der Waals surface area contributed by atoms with Crippen molar-refractivity contribution in [1.82, 2.24) is 20.3 Å². The van der Waals surface area contributed by atoms with Crippen molar-refractivity contribution in [2.24, 2.45) is 0 Å². The molecule has 1 heterocycles. The van der Waals surface area contributed by atoms with Crippen molar-refractivity contribution in [3.8, 4) is 5.69 Å². The van der Waals surface area contributed by atoms with Crippen LogP contribution in [0.5, 0.6) is 0 Å². The fourth-order valence-electron chi connectivity index (χ4n) is 1.97. The van der Waals surface area contributed by atoms with Crippen LogP contribution >= 0.6 is 11.6 Å². The molecule has 0 saturated carbocycles. The molecule has 1 unspecified atom stereocenters. The number of nitrogens with one attached hydrogen (secondary N) is 1. The fourth-order valence-corrected chi connectivity index (χ4v) is 2.14. The van der Waals surface area contributed by atoms with E-state index < -0.39 is 23.7 Å². The molecule has 0 aliphatic carbocycles. The summed E-state index contributed by atoms with van der Waals surface area (Å²) in [6.07, 6.45) is 0. The van der Waals surface area contributed by atoms with Crippen LogP contribution in [-0.4, -0.2) is 51.7 Å². The Hall–Kier alpha value is -2.52. The predicted octanol–water partition coefficient (Wildman–Crippen LogP) is 1.20. The first-order valence-corrected chi connectivity index (χ1v) is 7.13. The van der Waals surface area contributed by atoms with Gasteiger partial charge < -0.3 is 15.2 Å². The van der Waals surface area contributed by atoms with Crippen LogP contribution in [0.25, 0.3) is 5.69 Å². The third kappa shape index (κ3) is 3.69. The van der Waals surface area contributed by atoms with Crippen molar-refractivity contribution in [1.29, 1.82) is 0 Å². The van der Waals surface area contributed by atoms with Gasteiger partial charge in [-0.2, -0.15) is 0 Å². The molecule has 128 valence electrons.